The third-order valence-electron chi connectivity index (χ3n) is 7.52. The molecule has 240 valence electrons. The quantitative estimate of drug-likeness (QED) is 0.281. The Hall–Kier alpha value is -4.13. The van der Waals surface area contributed by atoms with Crippen molar-refractivity contribution in [2.24, 2.45) is 0 Å². The summed E-state index contributed by atoms with van der Waals surface area (Å²) >= 11 is 0. The van der Waals surface area contributed by atoms with Crippen LogP contribution in [-0.4, -0.2) is 62.1 Å². The van der Waals surface area contributed by atoms with Gasteiger partial charge in [-0.05, 0) is 53.9 Å². The summed E-state index contributed by atoms with van der Waals surface area (Å²) in [5.74, 6) is -0.773. The van der Waals surface area contributed by atoms with E-state index in [0.29, 0.717) is 11.1 Å². The molecule has 1 aromatic heterocycles. The number of aliphatic hydroxyl groups excluding tert-OH is 1. The highest BCUT2D eigenvalue weighted by Crippen LogP contribution is 2.37. The van der Waals surface area contributed by atoms with Crippen LogP contribution in [0.25, 0.3) is 0 Å². The molecule has 2 N–H and O–H groups in total. The molecular weight excluding hydrogens is 623 g/mol. The highest BCUT2D eigenvalue weighted by atomic mass is 32.2. The Morgan fingerprint density at radius 3 is 2.31 bits per heavy atom. The van der Waals surface area contributed by atoms with E-state index >= 15 is 0 Å². The largest absolute Gasteiger partial charge is 0.448 e. The number of nitrogens with one attached hydrogen (secondary N) is 1. The number of carbonyl (C=O) groups excluding carboxylic acids is 1. The Labute approximate surface area is 256 Å². The lowest BCUT2D eigenvalue weighted by Crippen LogP contribution is -2.36. The lowest BCUT2D eigenvalue weighted by molar-refractivity contribution is -0.195. The van der Waals surface area contributed by atoms with Crippen molar-refractivity contribution in [1.29, 1.82) is 5.26 Å². The van der Waals surface area contributed by atoms with E-state index in [0.717, 1.165) is 18.2 Å². The molecule has 1 fully saturated rings. The highest BCUT2D eigenvalue weighted by Gasteiger charge is 2.38. The average molecular weight is 653 g/mol. The zero-order chi connectivity index (χ0) is 33.0. The van der Waals surface area contributed by atoms with Crippen molar-refractivity contribution in [3.63, 3.8) is 0 Å². The van der Waals surface area contributed by atoms with Crippen LogP contribution in [0.3, 0.4) is 0 Å². The Morgan fingerprint density at radius 2 is 1.78 bits per heavy atom. The van der Waals surface area contributed by atoms with E-state index in [-0.39, 0.29) is 40.9 Å². The number of ether oxygens (including phenoxy) is 1. The van der Waals surface area contributed by atoms with Crippen molar-refractivity contribution in [3.8, 4) is 6.07 Å². The first-order chi connectivity index (χ1) is 21.2. The smallest absolute Gasteiger partial charge is 0.394 e. The highest BCUT2D eigenvalue weighted by molar-refractivity contribution is 7.91. The molecule has 0 radical (unpaired) electrons. The summed E-state index contributed by atoms with van der Waals surface area (Å²) in [6.45, 7) is 0.650. The predicted octanol–water partition coefficient (Wildman–Crippen LogP) is 4.85. The van der Waals surface area contributed by atoms with Gasteiger partial charge in [0, 0.05) is 18.7 Å². The van der Waals surface area contributed by atoms with Gasteiger partial charge in [0.25, 0.3) is 5.91 Å². The van der Waals surface area contributed by atoms with Crippen LogP contribution in [-0.2, 0) is 20.8 Å². The number of nitrogens with zero attached hydrogens (tertiary/aromatic N) is 3. The summed E-state index contributed by atoms with van der Waals surface area (Å²) < 4.78 is 94.9. The number of alkyl halides is 5. The van der Waals surface area contributed by atoms with E-state index in [1.807, 2.05) is 0 Å². The molecule has 3 atom stereocenters. The molecule has 15 heteroatoms. The van der Waals surface area contributed by atoms with Gasteiger partial charge >= 0.3 is 12.3 Å². The fourth-order valence-electron chi connectivity index (χ4n) is 5.01. The van der Waals surface area contributed by atoms with Crippen molar-refractivity contribution in [2.45, 2.75) is 48.5 Å². The molecule has 1 aliphatic heterocycles. The molecular formula is C30H29F5N4O5S. The minimum Gasteiger partial charge on any atom is -0.394 e. The fraction of sp³-hybridized carbons (Fsp3) is 0.367. The molecule has 0 spiro atoms. The molecule has 1 unspecified atom stereocenters. The normalized spacial score (nSPS) is 18.0. The summed E-state index contributed by atoms with van der Waals surface area (Å²) in [7, 11) is -3.43. The number of carbonyl (C=O) groups is 1. The first-order valence-corrected chi connectivity index (χ1v) is 15.4. The van der Waals surface area contributed by atoms with Gasteiger partial charge in [0.2, 0.25) is 0 Å². The third kappa shape index (κ3) is 8.13. The molecule has 0 bridgehead atoms. The number of sulfone groups is 1. The molecule has 1 aliphatic rings. The Bertz CT molecular complexity index is 1630. The first-order valence-electron chi connectivity index (χ1n) is 13.7. The number of amides is 1. The Kier molecular flexibility index (Phi) is 10.1. The number of aliphatic hydroxyl groups is 1. The van der Waals surface area contributed by atoms with E-state index in [1.54, 1.807) is 4.90 Å². The van der Waals surface area contributed by atoms with Crippen LogP contribution in [0, 0.1) is 11.3 Å². The van der Waals surface area contributed by atoms with Gasteiger partial charge in [0.15, 0.2) is 15.9 Å². The lowest BCUT2D eigenvalue weighted by atomic mass is 9.95. The summed E-state index contributed by atoms with van der Waals surface area (Å²) in [6.07, 6.45) is -7.10. The van der Waals surface area contributed by atoms with Gasteiger partial charge in [-0.1, -0.05) is 31.2 Å². The molecule has 1 saturated heterocycles. The van der Waals surface area contributed by atoms with Crippen molar-refractivity contribution in [3.05, 3.63) is 89.1 Å². The molecule has 0 aliphatic carbocycles. The van der Waals surface area contributed by atoms with Crippen LogP contribution in [0.1, 0.15) is 52.4 Å². The van der Waals surface area contributed by atoms with Gasteiger partial charge < -0.3 is 20.1 Å². The fourth-order valence-corrected chi connectivity index (χ4v) is 5.90. The lowest BCUT2D eigenvalue weighted by Gasteiger charge is -2.26. The summed E-state index contributed by atoms with van der Waals surface area (Å²) in [5, 5.41) is 21.2. The van der Waals surface area contributed by atoms with Crippen molar-refractivity contribution >= 4 is 21.6 Å². The molecule has 4 rings (SSSR count). The average Bonchev–Trinajstić information content (AvgIpc) is 3.47. The second-order valence-electron chi connectivity index (χ2n) is 10.4. The second-order valence-corrected chi connectivity index (χ2v) is 12.7. The summed E-state index contributed by atoms with van der Waals surface area (Å²) in [6, 6.07) is 12.4. The predicted molar refractivity (Wildman–Crippen MR) is 152 cm³/mol. The topological polar surface area (TPSA) is 133 Å². The number of anilines is 1. The monoisotopic (exact) mass is 652 g/mol. The maximum atomic E-state index is 13.6. The minimum absolute atomic E-state index is 0.0806. The van der Waals surface area contributed by atoms with Crippen molar-refractivity contribution in [2.75, 3.05) is 30.4 Å². The molecule has 2 aromatic carbocycles. The molecule has 2 heterocycles. The summed E-state index contributed by atoms with van der Waals surface area (Å²) in [4.78, 5) is 19.0. The third-order valence-corrected chi connectivity index (χ3v) is 9.28. The zero-order valence-electron chi connectivity index (χ0n) is 23.8. The van der Waals surface area contributed by atoms with Gasteiger partial charge in [0.05, 0.1) is 47.1 Å². The Morgan fingerprint density at radius 1 is 1.11 bits per heavy atom. The van der Waals surface area contributed by atoms with Gasteiger partial charge in [-0.25, -0.2) is 13.4 Å². The number of benzene rings is 2. The van der Waals surface area contributed by atoms with Gasteiger partial charge in [-0.15, -0.1) is 0 Å². The van der Waals surface area contributed by atoms with Crippen LogP contribution in [0.2, 0.25) is 0 Å². The maximum Gasteiger partial charge on any atom is 0.448 e. The van der Waals surface area contributed by atoms with E-state index in [4.69, 9.17) is 5.26 Å². The number of aromatic nitrogens is 1. The summed E-state index contributed by atoms with van der Waals surface area (Å²) in [5.41, 5.74) is 0.294. The van der Waals surface area contributed by atoms with Crippen LogP contribution < -0.4 is 10.2 Å². The van der Waals surface area contributed by atoms with Gasteiger partial charge in [0.1, 0.15) is 5.82 Å². The number of rotatable bonds is 11. The van der Waals surface area contributed by atoms with E-state index in [1.165, 1.54) is 61.7 Å². The van der Waals surface area contributed by atoms with Crippen molar-refractivity contribution < 1.29 is 45.0 Å². The van der Waals surface area contributed by atoms with Crippen molar-refractivity contribution in [1.82, 2.24) is 10.3 Å². The standard InChI is InChI=1S/C30H29F5N4O5S/c1-2-45(42,43)25-10-5-20(6-11-25)26(16-40)38-28(41)21-7-12-27(37-14-21)39-15-22(13-24(39)17-44-29(31,32)18-36)19-3-8-23(9-4-19)30(33,34)35/h3-12,14,22,24,26,40H,2,13,15-17H2,1H3,(H,38,41)/t22?,24-,26-/m0/s1. The molecule has 3 aromatic rings. The molecule has 45 heavy (non-hydrogen) atoms. The van der Waals surface area contributed by atoms with Crippen LogP contribution in [0.4, 0.5) is 27.8 Å². The first kappa shape index (κ1) is 33.8. The Balaban J connectivity index is 1.50. The molecule has 9 nitrogen and oxygen atoms in total. The van der Waals surface area contributed by atoms with Crippen LogP contribution >= 0.6 is 0 Å². The number of hydrogen-bond acceptors (Lipinski definition) is 8. The number of pyridine rings is 1. The van der Waals surface area contributed by atoms with E-state index in [2.05, 4.69) is 15.0 Å². The van der Waals surface area contributed by atoms with E-state index in [9.17, 15) is 40.3 Å². The minimum atomic E-state index is -4.52. The molecule has 1 amide bonds. The zero-order valence-corrected chi connectivity index (χ0v) is 24.7. The maximum absolute atomic E-state index is 13.6. The second kappa shape index (κ2) is 13.5. The van der Waals surface area contributed by atoms with Crippen LogP contribution in [0.15, 0.2) is 71.8 Å². The van der Waals surface area contributed by atoms with E-state index < -0.39 is 58.9 Å². The van der Waals surface area contributed by atoms with Gasteiger partial charge in [-0.3, -0.25) is 4.79 Å². The molecule has 0 saturated carbocycles. The van der Waals surface area contributed by atoms with Gasteiger partial charge in [-0.2, -0.15) is 27.2 Å². The number of halogens is 5. The number of nitriles is 1. The SMILES string of the molecule is CCS(=O)(=O)c1ccc([C@H](CO)NC(=O)c2ccc(N3CC(c4ccc(C(F)(F)F)cc4)C[C@H]3COC(F)(F)C#N)nc2)cc1. The number of hydrogen-bond donors (Lipinski definition) is 2. The van der Waals surface area contributed by atoms with Crippen LogP contribution in [0.5, 0.6) is 0 Å².